The van der Waals surface area contributed by atoms with Crippen LogP contribution >= 0.6 is 0 Å². The molecule has 4 unspecified atom stereocenters. The van der Waals surface area contributed by atoms with Gasteiger partial charge in [0.05, 0.1) is 6.04 Å². The predicted octanol–water partition coefficient (Wildman–Crippen LogP) is 2.94. The molecule has 0 aromatic rings. The van der Waals surface area contributed by atoms with Crippen LogP contribution in [0.2, 0.25) is 0 Å². The fraction of sp³-hybridized carbons (Fsp3) is 0.941. The molecule has 20 heavy (non-hydrogen) atoms. The van der Waals surface area contributed by atoms with Crippen molar-refractivity contribution in [2.45, 2.75) is 83.3 Å². The number of carbonyl (C=O) groups excluding carboxylic acids is 1. The number of hydrogen-bond donors (Lipinski definition) is 1. The molecule has 2 aliphatic heterocycles. The zero-order chi connectivity index (χ0) is 14.1. The predicted molar refractivity (Wildman–Crippen MR) is 81.5 cm³/mol. The molecule has 2 saturated heterocycles. The highest BCUT2D eigenvalue weighted by Crippen LogP contribution is 2.33. The quantitative estimate of drug-likeness (QED) is 0.842. The van der Waals surface area contributed by atoms with Crippen LogP contribution in [-0.4, -0.2) is 35.5 Å². The number of hydrogen-bond acceptors (Lipinski definition) is 2. The van der Waals surface area contributed by atoms with Gasteiger partial charge in [-0.2, -0.15) is 0 Å². The van der Waals surface area contributed by atoms with Crippen LogP contribution in [0.5, 0.6) is 0 Å². The molecule has 0 bridgehead atoms. The van der Waals surface area contributed by atoms with Crippen molar-refractivity contribution in [1.82, 2.24) is 10.2 Å². The van der Waals surface area contributed by atoms with Gasteiger partial charge in [-0.25, -0.2) is 0 Å². The molecule has 3 heteroatoms. The largest absolute Gasteiger partial charge is 0.338 e. The Balaban J connectivity index is 1.62. The van der Waals surface area contributed by atoms with Crippen molar-refractivity contribution in [1.29, 1.82) is 0 Å². The molecule has 0 aromatic carbocycles. The molecule has 1 aliphatic carbocycles. The van der Waals surface area contributed by atoms with Gasteiger partial charge in [0.15, 0.2) is 0 Å². The molecule has 3 aliphatic rings. The van der Waals surface area contributed by atoms with Gasteiger partial charge in [-0.05, 0) is 50.4 Å². The van der Waals surface area contributed by atoms with E-state index in [2.05, 4.69) is 24.1 Å². The van der Waals surface area contributed by atoms with Crippen molar-refractivity contribution in [2.75, 3.05) is 6.54 Å². The molecule has 2 heterocycles. The summed E-state index contributed by atoms with van der Waals surface area (Å²) in [6, 6.07) is 1.20. The minimum Gasteiger partial charge on any atom is -0.338 e. The highest BCUT2D eigenvalue weighted by molar-refractivity contribution is 5.82. The van der Waals surface area contributed by atoms with Gasteiger partial charge in [0.1, 0.15) is 0 Å². The van der Waals surface area contributed by atoms with Gasteiger partial charge in [-0.1, -0.05) is 26.7 Å². The lowest BCUT2D eigenvalue weighted by atomic mass is 9.77. The minimum absolute atomic E-state index is 0.105. The van der Waals surface area contributed by atoms with Crippen LogP contribution in [0, 0.1) is 11.8 Å². The van der Waals surface area contributed by atoms with Crippen LogP contribution in [-0.2, 0) is 4.79 Å². The fourth-order valence-corrected chi connectivity index (χ4v) is 4.65. The topological polar surface area (TPSA) is 32.3 Å². The molecule has 0 aromatic heterocycles. The van der Waals surface area contributed by atoms with Crippen molar-refractivity contribution >= 4 is 5.91 Å². The lowest BCUT2D eigenvalue weighted by molar-refractivity contribution is -0.136. The van der Waals surface area contributed by atoms with E-state index in [1.165, 1.54) is 44.9 Å². The van der Waals surface area contributed by atoms with Crippen LogP contribution in [0.3, 0.4) is 0 Å². The summed E-state index contributed by atoms with van der Waals surface area (Å²) in [6.07, 6.45) is 10.1. The maximum Gasteiger partial charge on any atom is 0.239 e. The Bertz CT molecular complexity index is 355. The Kier molecular flexibility index (Phi) is 4.34. The number of fused-ring (bicyclic) bond motifs is 1. The molecule has 1 amide bonds. The van der Waals surface area contributed by atoms with Crippen LogP contribution in [0.4, 0.5) is 0 Å². The van der Waals surface area contributed by atoms with Gasteiger partial charge in [-0.3, -0.25) is 4.79 Å². The summed E-state index contributed by atoms with van der Waals surface area (Å²) in [4.78, 5) is 15.0. The van der Waals surface area contributed by atoms with Gasteiger partial charge in [0, 0.05) is 18.6 Å². The summed E-state index contributed by atoms with van der Waals surface area (Å²) < 4.78 is 0. The van der Waals surface area contributed by atoms with Crippen LogP contribution in [0.1, 0.15) is 65.2 Å². The number of carbonyl (C=O) groups is 1. The molecular formula is C17H30N2O. The Hall–Kier alpha value is -0.570. The fourth-order valence-electron chi connectivity index (χ4n) is 4.65. The second-order valence-corrected chi connectivity index (χ2v) is 7.43. The third-order valence-electron chi connectivity index (χ3n) is 5.80. The molecule has 114 valence electrons. The van der Waals surface area contributed by atoms with E-state index in [1.54, 1.807) is 0 Å². The summed E-state index contributed by atoms with van der Waals surface area (Å²) >= 11 is 0. The second-order valence-electron chi connectivity index (χ2n) is 7.43. The normalized spacial score (nSPS) is 38.0. The standard InChI is InChI=1S/C17H30N2O/c1-12(2)16-8-5-11-19(16)17(20)15-10-9-13-6-3-4-7-14(13)18-15/h12-16,18H,3-11H2,1-2H3. The monoisotopic (exact) mass is 278 g/mol. The maximum atomic E-state index is 12.9. The molecule has 3 nitrogen and oxygen atoms in total. The molecule has 1 saturated carbocycles. The minimum atomic E-state index is 0.105. The zero-order valence-corrected chi connectivity index (χ0v) is 13.1. The lowest BCUT2D eigenvalue weighted by Crippen LogP contribution is -2.56. The number of nitrogens with one attached hydrogen (secondary N) is 1. The maximum absolute atomic E-state index is 12.9. The number of amides is 1. The van der Waals surface area contributed by atoms with Gasteiger partial charge < -0.3 is 10.2 Å². The number of nitrogens with zero attached hydrogens (tertiary/aromatic N) is 1. The van der Waals surface area contributed by atoms with E-state index >= 15 is 0 Å². The molecular weight excluding hydrogens is 248 g/mol. The summed E-state index contributed by atoms with van der Waals surface area (Å²) in [6.45, 7) is 5.48. The number of likely N-dealkylation sites (tertiary alicyclic amines) is 1. The third kappa shape index (κ3) is 2.74. The third-order valence-corrected chi connectivity index (χ3v) is 5.80. The van der Waals surface area contributed by atoms with E-state index in [9.17, 15) is 4.79 Å². The Morgan fingerprint density at radius 1 is 1.05 bits per heavy atom. The SMILES string of the molecule is CC(C)C1CCCN1C(=O)C1CCC2CCCCC2N1. The lowest BCUT2D eigenvalue weighted by Gasteiger charge is -2.41. The van der Waals surface area contributed by atoms with Crippen molar-refractivity contribution in [3.05, 3.63) is 0 Å². The van der Waals surface area contributed by atoms with E-state index in [1.807, 2.05) is 0 Å². The second kappa shape index (κ2) is 6.05. The Labute approximate surface area is 123 Å². The van der Waals surface area contributed by atoms with E-state index in [-0.39, 0.29) is 6.04 Å². The first kappa shape index (κ1) is 14.4. The molecule has 1 N–H and O–H groups in total. The molecule has 0 spiro atoms. The van der Waals surface area contributed by atoms with Gasteiger partial charge in [-0.15, -0.1) is 0 Å². The Morgan fingerprint density at radius 2 is 1.85 bits per heavy atom. The number of rotatable bonds is 2. The molecule has 4 atom stereocenters. The van der Waals surface area contributed by atoms with Crippen molar-refractivity contribution < 1.29 is 4.79 Å². The highest BCUT2D eigenvalue weighted by Gasteiger charge is 2.39. The van der Waals surface area contributed by atoms with E-state index in [0.717, 1.165) is 18.9 Å². The molecule has 3 fully saturated rings. The van der Waals surface area contributed by atoms with Crippen LogP contribution in [0.15, 0.2) is 0 Å². The average molecular weight is 278 g/mol. The first-order valence-electron chi connectivity index (χ1n) is 8.73. The van der Waals surface area contributed by atoms with E-state index in [0.29, 0.717) is 23.9 Å². The van der Waals surface area contributed by atoms with Gasteiger partial charge in [0.2, 0.25) is 5.91 Å². The van der Waals surface area contributed by atoms with Crippen molar-refractivity contribution in [3.63, 3.8) is 0 Å². The summed E-state index contributed by atoms with van der Waals surface area (Å²) in [5, 5.41) is 3.70. The molecule has 3 rings (SSSR count). The smallest absolute Gasteiger partial charge is 0.239 e. The van der Waals surface area contributed by atoms with E-state index < -0.39 is 0 Å². The average Bonchev–Trinajstić information content (AvgIpc) is 2.95. The summed E-state index contributed by atoms with van der Waals surface area (Å²) in [5.74, 6) is 1.82. The van der Waals surface area contributed by atoms with Gasteiger partial charge in [0.25, 0.3) is 0 Å². The van der Waals surface area contributed by atoms with Gasteiger partial charge >= 0.3 is 0 Å². The first-order chi connectivity index (χ1) is 9.66. The highest BCUT2D eigenvalue weighted by atomic mass is 16.2. The van der Waals surface area contributed by atoms with Crippen molar-refractivity contribution in [2.24, 2.45) is 11.8 Å². The number of piperidine rings is 1. The van der Waals surface area contributed by atoms with E-state index in [4.69, 9.17) is 0 Å². The molecule has 0 radical (unpaired) electrons. The van der Waals surface area contributed by atoms with Crippen LogP contribution < -0.4 is 5.32 Å². The Morgan fingerprint density at radius 3 is 2.65 bits per heavy atom. The first-order valence-corrected chi connectivity index (χ1v) is 8.73. The van der Waals surface area contributed by atoms with Crippen molar-refractivity contribution in [3.8, 4) is 0 Å². The zero-order valence-electron chi connectivity index (χ0n) is 13.1. The summed E-state index contributed by atoms with van der Waals surface area (Å²) in [7, 11) is 0. The summed E-state index contributed by atoms with van der Waals surface area (Å²) in [5.41, 5.74) is 0. The van der Waals surface area contributed by atoms with Crippen LogP contribution in [0.25, 0.3) is 0 Å².